The zero-order valence-electron chi connectivity index (χ0n) is 17.4. The van der Waals surface area contributed by atoms with Gasteiger partial charge in [0.2, 0.25) is 11.8 Å². The molecule has 3 aliphatic heterocycles. The topological polar surface area (TPSA) is 78.5 Å². The van der Waals surface area contributed by atoms with Gasteiger partial charge in [0.1, 0.15) is 11.4 Å². The third-order valence-corrected chi connectivity index (χ3v) is 6.57. The van der Waals surface area contributed by atoms with Crippen LogP contribution >= 0.6 is 0 Å². The Morgan fingerprint density at radius 2 is 2.13 bits per heavy atom. The fraction of sp³-hybridized carbons (Fsp3) is 0.435. The number of rotatable bonds is 5. The van der Waals surface area contributed by atoms with Crippen molar-refractivity contribution in [3.05, 3.63) is 60.2 Å². The molecule has 30 heavy (non-hydrogen) atoms. The molecule has 0 unspecified atom stereocenters. The van der Waals surface area contributed by atoms with Crippen LogP contribution < -0.4 is 4.90 Å². The Balaban J connectivity index is 1.40. The minimum Gasteiger partial charge on any atom is -0.360 e. The molecule has 4 heterocycles. The van der Waals surface area contributed by atoms with E-state index in [1.54, 1.807) is 29.2 Å². The number of aromatic nitrogens is 2. The molecule has 1 aromatic heterocycles. The molecule has 2 aromatic rings. The van der Waals surface area contributed by atoms with E-state index in [9.17, 15) is 9.59 Å². The van der Waals surface area contributed by atoms with Crippen LogP contribution in [0.4, 0.5) is 5.69 Å². The molecule has 2 amide bonds. The molecule has 2 fully saturated rings. The minimum absolute atomic E-state index is 0.0381. The van der Waals surface area contributed by atoms with E-state index >= 15 is 0 Å². The molecule has 7 nitrogen and oxygen atoms in total. The van der Waals surface area contributed by atoms with E-state index in [1.165, 1.54) is 5.56 Å². The summed E-state index contributed by atoms with van der Waals surface area (Å²) in [6.07, 6.45) is 6.97. The first kappa shape index (κ1) is 19.1. The van der Waals surface area contributed by atoms with Crippen molar-refractivity contribution in [2.45, 2.75) is 38.0 Å². The predicted octanol–water partition coefficient (Wildman–Crippen LogP) is 2.48. The summed E-state index contributed by atoms with van der Waals surface area (Å²) >= 11 is 0. The lowest BCUT2D eigenvalue weighted by molar-refractivity contribution is -0.139. The molecule has 4 atom stereocenters. The van der Waals surface area contributed by atoms with Crippen molar-refractivity contribution in [2.24, 2.45) is 11.8 Å². The van der Waals surface area contributed by atoms with Gasteiger partial charge in [-0.3, -0.25) is 9.59 Å². The van der Waals surface area contributed by atoms with Crippen molar-refractivity contribution in [1.29, 1.82) is 0 Å². The van der Waals surface area contributed by atoms with Crippen molar-refractivity contribution < 1.29 is 14.3 Å². The number of ether oxygens (including phenoxy) is 1. The summed E-state index contributed by atoms with van der Waals surface area (Å²) in [4.78, 5) is 37.4. The van der Waals surface area contributed by atoms with Crippen LogP contribution in [0.15, 0.2) is 48.8 Å². The van der Waals surface area contributed by atoms with E-state index in [0.717, 1.165) is 5.69 Å². The highest BCUT2D eigenvalue weighted by molar-refractivity contribution is 6.03. The van der Waals surface area contributed by atoms with Crippen LogP contribution in [0.2, 0.25) is 0 Å². The van der Waals surface area contributed by atoms with Gasteiger partial charge in [-0.1, -0.05) is 38.1 Å². The second kappa shape index (κ2) is 6.80. The lowest BCUT2D eigenvalue weighted by atomic mass is 9.76. The fourth-order valence-corrected chi connectivity index (χ4v) is 4.98. The van der Waals surface area contributed by atoms with Crippen LogP contribution in [0, 0.1) is 11.8 Å². The van der Waals surface area contributed by atoms with E-state index in [0.29, 0.717) is 24.8 Å². The first-order valence-electron chi connectivity index (χ1n) is 10.4. The number of fused-ring (bicyclic) bond motifs is 1. The van der Waals surface area contributed by atoms with E-state index in [2.05, 4.69) is 35.9 Å². The van der Waals surface area contributed by atoms with Gasteiger partial charge in [0.05, 0.1) is 31.0 Å². The number of aromatic amines is 1. The average molecular weight is 406 g/mol. The number of anilines is 1. The number of amides is 2. The van der Waals surface area contributed by atoms with Gasteiger partial charge < -0.3 is 19.5 Å². The highest BCUT2D eigenvalue weighted by atomic mass is 16.5. The molecular weight excluding hydrogens is 380 g/mol. The summed E-state index contributed by atoms with van der Waals surface area (Å²) in [7, 11) is 1.75. The van der Waals surface area contributed by atoms with Crippen LogP contribution in [0.3, 0.4) is 0 Å². The molecule has 1 spiro atoms. The molecule has 5 rings (SSSR count). The summed E-state index contributed by atoms with van der Waals surface area (Å²) in [6, 6.07) is 8.10. The highest BCUT2D eigenvalue weighted by Crippen LogP contribution is 2.53. The zero-order chi connectivity index (χ0) is 21.0. The van der Waals surface area contributed by atoms with Gasteiger partial charge in [0.15, 0.2) is 0 Å². The number of nitrogens with one attached hydrogen (secondary N) is 1. The number of hydrogen-bond donors (Lipinski definition) is 1. The number of hydrogen-bond acceptors (Lipinski definition) is 4. The van der Waals surface area contributed by atoms with E-state index in [4.69, 9.17) is 4.74 Å². The zero-order valence-corrected chi connectivity index (χ0v) is 17.4. The first-order chi connectivity index (χ1) is 14.4. The van der Waals surface area contributed by atoms with Crippen molar-refractivity contribution in [2.75, 3.05) is 18.5 Å². The highest BCUT2D eigenvalue weighted by Gasteiger charge is 2.67. The van der Waals surface area contributed by atoms with Crippen molar-refractivity contribution >= 4 is 17.5 Å². The summed E-state index contributed by atoms with van der Waals surface area (Å²) in [5.74, 6) is 0.0118. The Labute approximate surface area is 175 Å². The van der Waals surface area contributed by atoms with Gasteiger partial charge in [-0.15, -0.1) is 0 Å². The Kier molecular flexibility index (Phi) is 4.32. The van der Waals surface area contributed by atoms with Crippen LogP contribution in [-0.2, 0) is 20.9 Å². The fourth-order valence-electron chi connectivity index (χ4n) is 4.98. The summed E-state index contributed by atoms with van der Waals surface area (Å²) in [5.41, 5.74) is 1.36. The third kappa shape index (κ3) is 2.80. The van der Waals surface area contributed by atoms with Crippen LogP contribution in [0.25, 0.3) is 0 Å². The molecule has 1 N–H and O–H groups in total. The summed E-state index contributed by atoms with van der Waals surface area (Å²) in [6.45, 7) is 5.10. The van der Waals surface area contributed by atoms with Gasteiger partial charge >= 0.3 is 0 Å². The normalized spacial score (nSPS) is 29.1. The van der Waals surface area contributed by atoms with Crippen molar-refractivity contribution in [1.82, 2.24) is 14.9 Å². The first-order valence-corrected chi connectivity index (χ1v) is 10.4. The van der Waals surface area contributed by atoms with Crippen molar-refractivity contribution in [3.63, 3.8) is 0 Å². The molecule has 0 saturated carbocycles. The van der Waals surface area contributed by atoms with Gasteiger partial charge in [0, 0.05) is 25.1 Å². The maximum absolute atomic E-state index is 13.5. The van der Waals surface area contributed by atoms with Gasteiger partial charge in [0.25, 0.3) is 0 Å². The van der Waals surface area contributed by atoms with Gasteiger partial charge in [-0.2, -0.15) is 0 Å². The van der Waals surface area contributed by atoms with E-state index < -0.39 is 17.4 Å². The SMILES string of the molecule is CC(C)c1ccc(N2C[C@]34C=C[C@H](O3)[C@H](C(=O)N(C)Cc3ncc[nH]3)[C@@H]4C2=O)cc1. The molecule has 0 radical (unpaired) electrons. The Morgan fingerprint density at radius 1 is 1.37 bits per heavy atom. The van der Waals surface area contributed by atoms with Crippen LogP contribution in [-0.4, -0.2) is 52.0 Å². The molecule has 0 aliphatic carbocycles. The molecule has 7 heteroatoms. The number of benzene rings is 1. The van der Waals surface area contributed by atoms with E-state index in [-0.39, 0.29) is 17.9 Å². The molecule has 1 aromatic carbocycles. The monoisotopic (exact) mass is 406 g/mol. The Hall–Kier alpha value is -2.93. The predicted molar refractivity (Wildman–Crippen MR) is 112 cm³/mol. The third-order valence-electron chi connectivity index (χ3n) is 6.57. The summed E-state index contributed by atoms with van der Waals surface area (Å²) < 4.78 is 6.24. The lowest BCUT2D eigenvalue weighted by Crippen LogP contribution is -2.44. The average Bonchev–Trinajstić information content (AvgIpc) is 3.50. The Bertz CT molecular complexity index is 998. The number of imidazole rings is 1. The second-order valence-corrected chi connectivity index (χ2v) is 8.80. The van der Waals surface area contributed by atoms with Gasteiger partial charge in [-0.25, -0.2) is 4.98 Å². The second-order valence-electron chi connectivity index (χ2n) is 8.80. The number of H-pyrrole nitrogens is 1. The standard InChI is InChI=1S/C23H26N4O3/c1-14(2)15-4-6-16(7-5-15)27-13-23-9-8-17(30-23)19(20(23)22(27)29)21(28)26(3)12-18-24-10-11-25-18/h4-11,14,17,19-20H,12-13H2,1-3H3,(H,24,25)/t17-,19-,20+,23-/m0/s1. The van der Waals surface area contributed by atoms with E-state index in [1.807, 2.05) is 24.3 Å². The quantitative estimate of drug-likeness (QED) is 0.774. The number of carbonyl (C=O) groups excluding carboxylic acids is 2. The van der Waals surface area contributed by atoms with Crippen molar-refractivity contribution in [3.8, 4) is 0 Å². The van der Waals surface area contributed by atoms with Crippen LogP contribution in [0.5, 0.6) is 0 Å². The molecule has 156 valence electrons. The number of nitrogens with zero attached hydrogens (tertiary/aromatic N) is 3. The maximum Gasteiger partial charge on any atom is 0.234 e. The maximum atomic E-state index is 13.5. The minimum atomic E-state index is -0.718. The number of carbonyl (C=O) groups is 2. The van der Waals surface area contributed by atoms with Gasteiger partial charge in [-0.05, 0) is 23.6 Å². The molecule has 3 aliphatic rings. The molecule has 2 saturated heterocycles. The Morgan fingerprint density at radius 3 is 2.80 bits per heavy atom. The lowest BCUT2D eigenvalue weighted by Gasteiger charge is -2.27. The largest absolute Gasteiger partial charge is 0.360 e. The molecular formula is C23H26N4O3. The molecule has 2 bridgehead atoms. The smallest absolute Gasteiger partial charge is 0.234 e. The summed E-state index contributed by atoms with van der Waals surface area (Å²) in [5, 5.41) is 0. The van der Waals surface area contributed by atoms with Crippen LogP contribution in [0.1, 0.15) is 31.2 Å².